The van der Waals surface area contributed by atoms with E-state index in [4.69, 9.17) is 0 Å². The molecule has 0 aliphatic heterocycles. The van der Waals surface area contributed by atoms with E-state index in [1.807, 2.05) is 0 Å². The van der Waals surface area contributed by atoms with Gasteiger partial charge in [-0.25, -0.2) is 0 Å². The molecule has 0 fully saturated rings. The van der Waals surface area contributed by atoms with E-state index in [1.165, 1.54) is 5.00 Å². The predicted molar refractivity (Wildman–Crippen MR) is 56.1 cm³/mol. The smallest absolute Gasteiger partial charge is 0.0905 e. The molecule has 0 spiro atoms. The standard InChI is InChI=1S/C8H13NS2/c1-9(5-3-6-10)8-4-2-7-11-8/h2,4,7,10H,3,5-6H2,1H3. The second kappa shape index (κ2) is 4.67. The number of rotatable bonds is 4. The van der Waals surface area contributed by atoms with Gasteiger partial charge in [-0.15, -0.1) is 11.3 Å². The quantitative estimate of drug-likeness (QED) is 0.709. The van der Waals surface area contributed by atoms with Crippen LogP contribution in [0, 0.1) is 0 Å². The van der Waals surface area contributed by atoms with Crippen molar-refractivity contribution in [3.05, 3.63) is 17.5 Å². The maximum absolute atomic E-state index is 4.17. The van der Waals surface area contributed by atoms with Crippen molar-refractivity contribution in [3.8, 4) is 0 Å². The van der Waals surface area contributed by atoms with Crippen LogP contribution >= 0.6 is 24.0 Å². The van der Waals surface area contributed by atoms with E-state index in [1.54, 1.807) is 11.3 Å². The molecule has 0 aromatic carbocycles. The van der Waals surface area contributed by atoms with Gasteiger partial charge in [-0.3, -0.25) is 0 Å². The summed E-state index contributed by atoms with van der Waals surface area (Å²) in [6.07, 6.45) is 1.15. The third-order valence-corrected chi connectivity index (χ3v) is 2.83. The molecule has 0 saturated heterocycles. The second-order valence-electron chi connectivity index (χ2n) is 2.45. The summed E-state index contributed by atoms with van der Waals surface area (Å²) in [4.78, 5) is 2.26. The van der Waals surface area contributed by atoms with E-state index in [2.05, 4.69) is 42.1 Å². The van der Waals surface area contributed by atoms with Crippen LogP contribution in [0.15, 0.2) is 17.5 Å². The first-order valence-electron chi connectivity index (χ1n) is 3.70. The Morgan fingerprint density at radius 2 is 2.45 bits per heavy atom. The molecule has 0 atom stereocenters. The van der Waals surface area contributed by atoms with Gasteiger partial charge in [0.2, 0.25) is 0 Å². The monoisotopic (exact) mass is 187 g/mol. The van der Waals surface area contributed by atoms with Crippen LogP contribution < -0.4 is 4.90 Å². The summed E-state index contributed by atoms with van der Waals surface area (Å²) >= 11 is 5.95. The van der Waals surface area contributed by atoms with Gasteiger partial charge in [0.1, 0.15) is 0 Å². The topological polar surface area (TPSA) is 3.24 Å². The number of anilines is 1. The fourth-order valence-corrected chi connectivity index (χ4v) is 1.77. The molecule has 1 aromatic heterocycles. The summed E-state index contributed by atoms with van der Waals surface area (Å²) in [6.45, 7) is 1.10. The fraction of sp³-hybridized carbons (Fsp3) is 0.500. The molecule has 0 aliphatic carbocycles. The van der Waals surface area contributed by atoms with Crippen LogP contribution in [0.5, 0.6) is 0 Å². The van der Waals surface area contributed by atoms with Crippen LogP contribution in [0.3, 0.4) is 0 Å². The zero-order chi connectivity index (χ0) is 8.10. The lowest BCUT2D eigenvalue weighted by atomic mass is 10.4. The van der Waals surface area contributed by atoms with Crippen molar-refractivity contribution in [2.45, 2.75) is 6.42 Å². The Morgan fingerprint density at radius 1 is 1.64 bits per heavy atom. The van der Waals surface area contributed by atoms with Gasteiger partial charge in [0, 0.05) is 13.6 Å². The number of thiophene rings is 1. The van der Waals surface area contributed by atoms with Crippen molar-refractivity contribution in [1.82, 2.24) is 0 Å². The Labute approximate surface area is 77.4 Å². The van der Waals surface area contributed by atoms with Crippen molar-refractivity contribution in [1.29, 1.82) is 0 Å². The lowest BCUT2D eigenvalue weighted by molar-refractivity contribution is 0.868. The highest BCUT2D eigenvalue weighted by molar-refractivity contribution is 7.80. The summed E-state index contributed by atoms with van der Waals surface area (Å²) in [5.74, 6) is 0.968. The molecule has 0 N–H and O–H groups in total. The third kappa shape index (κ3) is 2.75. The van der Waals surface area contributed by atoms with E-state index < -0.39 is 0 Å². The Morgan fingerprint density at radius 3 is 3.00 bits per heavy atom. The molecule has 0 aliphatic rings. The normalized spacial score (nSPS) is 10.0. The highest BCUT2D eigenvalue weighted by Gasteiger charge is 1.98. The van der Waals surface area contributed by atoms with Crippen LogP contribution in [0.1, 0.15) is 6.42 Å². The molecule has 1 nitrogen and oxygen atoms in total. The molecule has 1 rings (SSSR count). The van der Waals surface area contributed by atoms with Crippen molar-refractivity contribution < 1.29 is 0 Å². The van der Waals surface area contributed by atoms with Crippen LogP contribution in [0.4, 0.5) is 5.00 Å². The first-order chi connectivity index (χ1) is 5.34. The summed E-state index contributed by atoms with van der Waals surface area (Å²) in [5, 5.41) is 3.44. The van der Waals surface area contributed by atoms with E-state index in [-0.39, 0.29) is 0 Å². The predicted octanol–water partition coefficient (Wildman–Crippen LogP) is 2.50. The van der Waals surface area contributed by atoms with Gasteiger partial charge in [-0.2, -0.15) is 12.6 Å². The van der Waals surface area contributed by atoms with Gasteiger partial charge in [0.25, 0.3) is 0 Å². The number of hydrogen-bond acceptors (Lipinski definition) is 3. The van der Waals surface area contributed by atoms with Crippen LogP contribution in [-0.2, 0) is 0 Å². The number of nitrogens with zero attached hydrogens (tertiary/aromatic N) is 1. The molecule has 0 amide bonds. The summed E-state index contributed by atoms with van der Waals surface area (Å²) in [6, 6.07) is 4.22. The zero-order valence-electron chi connectivity index (χ0n) is 6.66. The third-order valence-electron chi connectivity index (χ3n) is 1.53. The molecule has 1 aromatic rings. The van der Waals surface area contributed by atoms with Gasteiger partial charge in [-0.1, -0.05) is 0 Å². The SMILES string of the molecule is CN(CCCS)c1cccs1. The fourth-order valence-electron chi connectivity index (χ4n) is 0.905. The highest BCUT2D eigenvalue weighted by Crippen LogP contribution is 2.19. The lowest BCUT2D eigenvalue weighted by Gasteiger charge is -2.15. The van der Waals surface area contributed by atoms with Crippen molar-refractivity contribution in [2.24, 2.45) is 0 Å². The summed E-state index contributed by atoms with van der Waals surface area (Å²) in [7, 11) is 2.12. The Bertz CT molecular complexity index is 184. The van der Waals surface area contributed by atoms with E-state index >= 15 is 0 Å². The molecule has 0 bridgehead atoms. The van der Waals surface area contributed by atoms with Crippen LogP contribution in [0.25, 0.3) is 0 Å². The Hall–Kier alpha value is -0.150. The average molecular weight is 187 g/mol. The molecule has 0 saturated carbocycles. The lowest BCUT2D eigenvalue weighted by Crippen LogP contribution is -2.17. The van der Waals surface area contributed by atoms with E-state index in [0.717, 1.165) is 18.7 Å². The molecule has 3 heteroatoms. The summed E-state index contributed by atoms with van der Waals surface area (Å²) < 4.78 is 0. The molecule has 11 heavy (non-hydrogen) atoms. The maximum Gasteiger partial charge on any atom is 0.0905 e. The Balaban J connectivity index is 2.36. The maximum atomic E-state index is 4.17. The molecule has 1 heterocycles. The van der Waals surface area contributed by atoms with Crippen molar-refractivity contribution in [2.75, 3.05) is 24.2 Å². The molecule has 0 unspecified atom stereocenters. The first-order valence-corrected chi connectivity index (χ1v) is 5.21. The van der Waals surface area contributed by atoms with Gasteiger partial charge < -0.3 is 4.90 Å². The molecule has 62 valence electrons. The minimum absolute atomic E-state index is 0.968. The number of hydrogen-bond donors (Lipinski definition) is 1. The number of thiol groups is 1. The van der Waals surface area contributed by atoms with Crippen molar-refractivity contribution >= 4 is 29.0 Å². The van der Waals surface area contributed by atoms with Gasteiger partial charge in [-0.05, 0) is 29.7 Å². The van der Waals surface area contributed by atoms with Gasteiger partial charge in [0.15, 0.2) is 0 Å². The minimum Gasteiger partial charge on any atom is -0.366 e. The van der Waals surface area contributed by atoms with Crippen molar-refractivity contribution in [3.63, 3.8) is 0 Å². The average Bonchev–Trinajstić information content (AvgIpc) is 2.52. The largest absolute Gasteiger partial charge is 0.366 e. The zero-order valence-corrected chi connectivity index (χ0v) is 8.37. The van der Waals surface area contributed by atoms with E-state index in [9.17, 15) is 0 Å². The Kier molecular flexibility index (Phi) is 3.80. The molecular weight excluding hydrogens is 174 g/mol. The van der Waals surface area contributed by atoms with Crippen LogP contribution in [0.2, 0.25) is 0 Å². The van der Waals surface area contributed by atoms with Gasteiger partial charge in [0.05, 0.1) is 5.00 Å². The van der Waals surface area contributed by atoms with Crippen LogP contribution in [-0.4, -0.2) is 19.3 Å². The highest BCUT2D eigenvalue weighted by atomic mass is 32.1. The van der Waals surface area contributed by atoms with Gasteiger partial charge >= 0.3 is 0 Å². The summed E-state index contributed by atoms with van der Waals surface area (Å²) in [5.41, 5.74) is 0. The molecule has 0 radical (unpaired) electrons. The first kappa shape index (κ1) is 8.94. The molecular formula is C8H13NS2. The minimum atomic E-state index is 0.968. The second-order valence-corrected chi connectivity index (χ2v) is 3.82. The van der Waals surface area contributed by atoms with E-state index in [0.29, 0.717) is 0 Å².